The van der Waals surface area contributed by atoms with Gasteiger partial charge >= 0.3 is 0 Å². The number of aldehydes is 1. The Morgan fingerprint density at radius 2 is 1.72 bits per heavy atom. The Labute approximate surface area is 110 Å². The van der Waals surface area contributed by atoms with Gasteiger partial charge in [-0.05, 0) is 24.5 Å². The minimum atomic E-state index is 0.102. The standard InChI is InChI=1S/C16H24O2/c1-2-3-4-5-6-7-8-10-14-11-9-12-16(18)15(14)13-17/h9,11-13,18H,2-8,10H2,1H3. The third kappa shape index (κ3) is 4.91. The molecule has 0 atom stereocenters. The molecule has 0 amide bonds. The van der Waals surface area contributed by atoms with Crippen LogP contribution in [0.25, 0.3) is 0 Å². The van der Waals surface area contributed by atoms with E-state index in [0.717, 1.165) is 24.7 Å². The number of aryl methyl sites for hydroxylation is 1. The molecule has 0 aromatic heterocycles. The van der Waals surface area contributed by atoms with Crippen molar-refractivity contribution in [1.29, 1.82) is 0 Å². The van der Waals surface area contributed by atoms with Gasteiger partial charge in [-0.25, -0.2) is 0 Å². The molecule has 0 heterocycles. The molecule has 0 fully saturated rings. The summed E-state index contributed by atoms with van der Waals surface area (Å²) in [4.78, 5) is 10.9. The second kappa shape index (κ2) is 8.73. The van der Waals surface area contributed by atoms with Gasteiger partial charge in [-0.1, -0.05) is 57.6 Å². The second-order valence-electron chi connectivity index (χ2n) is 4.84. The maximum atomic E-state index is 10.9. The van der Waals surface area contributed by atoms with Gasteiger partial charge in [0.05, 0.1) is 5.56 Å². The van der Waals surface area contributed by atoms with E-state index in [1.54, 1.807) is 12.1 Å². The maximum Gasteiger partial charge on any atom is 0.154 e. The van der Waals surface area contributed by atoms with Gasteiger partial charge in [-0.3, -0.25) is 4.79 Å². The maximum absolute atomic E-state index is 10.9. The fraction of sp³-hybridized carbons (Fsp3) is 0.562. The van der Waals surface area contributed by atoms with Gasteiger partial charge in [-0.15, -0.1) is 0 Å². The lowest BCUT2D eigenvalue weighted by molar-refractivity contribution is 0.112. The highest BCUT2D eigenvalue weighted by molar-refractivity contribution is 5.81. The summed E-state index contributed by atoms with van der Waals surface area (Å²) in [5.41, 5.74) is 1.43. The van der Waals surface area contributed by atoms with Gasteiger partial charge in [0.2, 0.25) is 0 Å². The van der Waals surface area contributed by atoms with Crippen molar-refractivity contribution in [2.24, 2.45) is 0 Å². The Morgan fingerprint density at radius 1 is 1.06 bits per heavy atom. The van der Waals surface area contributed by atoms with E-state index in [4.69, 9.17) is 0 Å². The first-order valence-corrected chi connectivity index (χ1v) is 7.05. The summed E-state index contributed by atoms with van der Waals surface area (Å²) in [7, 11) is 0. The molecule has 2 heteroatoms. The van der Waals surface area contributed by atoms with E-state index in [2.05, 4.69) is 6.92 Å². The van der Waals surface area contributed by atoms with Crippen molar-refractivity contribution in [3.63, 3.8) is 0 Å². The fourth-order valence-electron chi connectivity index (χ4n) is 2.23. The lowest BCUT2D eigenvalue weighted by Crippen LogP contribution is -1.93. The molecule has 0 aliphatic heterocycles. The molecule has 0 saturated heterocycles. The Balaban J connectivity index is 2.27. The molecular formula is C16H24O2. The normalized spacial score (nSPS) is 10.5. The average Bonchev–Trinajstić information content (AvgIpc) is 2.38. The molecule has 100 valence electrons. The molecule has 1 aromatic carbocycles. The highest BCUT2D eigenvalue weighted by Crippen LogP contribution is 2.21. The summed E-state index contributed by atoms with van der Waals surface area (Å²) in [6.07, 6.45) is 10.5. The van der Waals surface area contributed by atoms with E-state index in [1.165, 1.54) is 38.5 Å². The number of hydrogen-bond acceptors (Lipinski definition) is 2. The summed E-state index contributed by atoms with van der Waals surface area (Å²) >= 11 is 0. The summed E-state index contributed by atoms with van der Waals surface area (Å²) in [6.45, 7) is 2.23. The molecule has 0 spiro atoms. The number of phenols is 1. The lowest BCUT2D eigenvalue weighted by Gasteiger charge is -2.06. The highest BCUT2D eigenvalue weighted by Gasteiger charge is 2.05. The number of unbranched alkanes of at least 4 members (excludes halogenated alkanes) is 6. The van der Waals surface area contributed by atoms with Crippen LogP contribution in [0, 0.1) is 0 Å². The topological polar surface area (TPSA) is 37.3 Å². The minimum Gasteiger partial charge on any atom is -0.507 e. The Hall–Kier alpha value is -1.31. The smallest absolute Gasteiger partial charge is 0.154 e. The van der Waals surface area contributed by atoms with Crippen LogP contribution in [0.4, 0.5) is 0 Å². The number of carbonyl (C=O) groups excluding carboxylic acids is 1. The van der Waals surface area contributed by atoms with Crippen LogP contribution in [0.1, 0.15) is 67.8 Å². The number of phenolic OH excluding ortho intramolecular Hbond substituents is 1. The van der Waals surface area contributed by atoms with Crippen molar-refractivity contribution < 1.29 is 9.90 Å². The summed E-state index contributed by atoms with van der Waals surface area (Å²) in [6, 6.07) is 5.30. The summed E-state index contributed by atoms with van der Waals surface area (Å²) in [5, 5.41) is 9.56. The molecule has 0 unspecified atom stereocenters. The zero-order chi connectivity index (χ0) is 13.2. The molecule has 18 heavy (non-hydrogen) atoms. The van der Waals surface area contributed by atoms with Gasteiger partial charge in [0.15, 0.2) is 6.29 Å². The van der Waals surface area contributed by atoms with Gasteiger partial charge in [0.1, 0.15) is 5.75 Å². The first-order valence-electron chi connectivity index (χ1n) is 7.05. The third-order valence-electron chi connectivity index (χ3n) is 3.34. The number of aromatic hydroxyl groups is 1. The van der Waals surface area contributed by atoms with Crippen LogP contribution in [-0.2, 0) is 6.42 Å². The van der Waals surface area contributed by atoms with Crippen LogP contribution in [-0.4, -0.2) is 11.4 Å². The van der Waals surface area contributed by atoms with E-state index in [1.807, 2.05) is 6.07 Å². The minimum absolute atomic E-state index is 0.102. The first kappa shape index (κ1) is 14.7. The number of hydrogen-bond donors (Lipinski definition) is 1. The summed E-state index contributed by atoms with van der Waals surface area (Å²) < 4.78 is 0. The van der Waals surface area contributed by atoms with Crippen LogP contribution < -0.4 is 0 Å². The zero-order valence-electron chi connectivity index (χ0n) is 11.3. The molecule has 1 N–H and O–H groups in total. The molecule has 2 nitrogen and oxygen atoms in total. The molecule has 1 aromatic rings. The number of rotatable bonds is 9. The Morgan fingerprint density at radius 3 is 2.39 bits per heavy atom. The van der Waals surface area contributed by atoms with Crippen LogP contribution in [0.2, 0.25) is 0 Å². The second-order valence-corrected chi connectivity index (χ2v) is 4.84. The Kier molecular flexibility index (Phi) is 7.16. The molecule has 0 radical (unpaired) electrons. The van der Waals surface area contributed by atoms with Gasteiger partial charge < -0.3 is 5.11 Å². The van der Waals surface area contributed by atoms with Crippen molar-refractivity contribution in [2.75, 3.05) is 0 Å². The molecule has 0 aliphatic rings. The molecule has 1 rings (SSSR count). The molecular weight excluding hydrogens is 224 g/mol. The van der Waals surface area contributed by atoms with Crippen molar-refractivity contribution in [2.45, 2.75) is 58.3 Å². The predicted octanol–water partition coefficient (Wildman–Crippen LogP) is 4.50. The lowest BCUT2D eigenvalue weighted by atomic mass is 10.0. The average molecular weight is 248 g/mol. The first-order chi connectivity index (χ1) is 8.79. The largest absolute Gasteiger partial charge is 0.507 e. The third-order valence-corrected chi connectivity index (χ3v) is 3.34. The quantitative estimate of drug-likeness (QED) is 0.516. The van der Waals surface area contributed by atoms with Crippen LogP contribution in [0.15, 0.2) is 18.2 Å². The van der Waals surface area contributed by atoms with Crippen molar-refractivity contribution >= 4 is 6.29 Å². The van der Waals surface area contributed by atoms with Crippen molar-refractivity contribution in [3.8, 4) is 5.75 Å². The van der Waals surface area contributed by atoms with E-state index >= 15 is 0 Å². The molecule has 0 saturated carbocycles. The predicted molar refractivity (Wildman–Crippen MR) is 75.2 cm³/mol. The van der Waals surface area contributed by atoms with Crippen molar-refractivity contribution in [1.82, 2.24) is 0 Å². The SMILES string of the molecule is CCCCCCCCCc1cccc(O)c1C=O. The molecule has 0 aliphatic carbocycles. The van der Waals surface area contributed by atoms with E-state index in [0.29, 0.717) is 5.56 Å². The van der Waals surface area contributed by atoms with Crippen LogP contribution in [0.3, 0.4) is 0 Å². The van der Waals surface area contributed by atoms with Crippen LogP contribution in [0.5, 0.6) is 5.75 Å². The summed E-state index contributed by atoms with van der Waals surface area (Å²) in [5.74, 6) is 0.102. The van der Waals surface area contributed by atoms with Crippen LogP contribution >= 0.6 is 0 Å². The zero-order valence-corrected chi connectivity index (χ0v) is 11.3. The van der Waals surface area contributed by atoms with E-state index in [-0.39, 0.29) is 5.75 Å². The Bertz CT molecular complexity index is 358. The van der Waals surface area contributed by atoms with E-state index in [9.17, 15) is 9.90 Å². The van der Waals surface area contributed by atoms with Crippen molar-refractivity contribution in [3.05, 3.63) is 29.3 Å². The monoisotopic (exact) mass is 248 g/mol. The van der Waals surface area contributed by atoms with E-state index < -0.39 is 0 Å². The number of benzene rings is 1. The number of carbonyl (C=O) groups is 1. The van der Waals surface area contributed by atoms with Gasteiger partial charge in [0, 0.05) is 0 Å². The van der Waals surface area contributed by atoms with Gasteiger partial charge in [0.25, 0.3) is 0 Å². The molecule has 0 bridgehead atoms. The highest BCUT2D eigenvalue weighted by atomic mass is 16.3. The fourth-order valence-corrected chi connectivity index (χ4v) is 2.23. The van der Waals surface area contributed by atoms with Gasteiger partial charge in [-0.2, -0.15) is 0 Å².